The van der Waals surface area contributed by atoms with Gasteiger partial charge in [-0.05, 0) is 19.1 Å². The zero-order valence-corrected chi connectivity index (χ0v) is 10.8. The number of hydrogen-bond donors (Lipinski definition) is 1. The lowest BCUT2D eigenvalue weighted by Crippen LogP contribution is -2.34. The molecule has 4 heteroatoms. The van der Waals surface area contributed by atoms with E-state index >= 15 is 0 Å². The molecule has 84 valence electrons. The lowest BCUT2D eigenvalue weighted by molar-refractivity contribution is 0.533. The van der Waals surface area contributed by atoms with Crippen LogP contribution in [0.25, 0.3) is 0 Å². The summed E-state index contributed by atoms with van der Waals surface area (Å²) >= 11 is 3.77. The fraction of sp³-hybridized carbons (Fsp3) is 0.727. The molecule has 0 atom stereocenters. The van der Waals surface area contributed by atoms with Crippen molar-refractivity contribution in [3.63, 3.8) is 0 Å². The molecule has 0 aromatic carbocycles. The Bertz CT molecular complexity index is 279. The van der Waals surface area contributed by atoms with Crippen LogP contribution in [0.3, 0.4) is 0 Å². The van der Waals surface area contributed by atoms with E-state index in [2.05, 4.69) is 16.6 Å². The summed E-state index contributed by atoms with van der Waals surface area (Å²) in [7, 11) is 0. The van der Waals surface area contributed by atoms with Gasteiger partial charge < -0.3 is 5.32 Å². The first-order chi connectivity index (χ1) is 7.35. The zero-order chi connectivity index (χ0) is 10.6. The number of nitrogens with one attached hydrogen (secondary N) is 1. The number of thioether (sulfide) groups is 1. The smallest absolute Gasteiger partial charge is 0.106 e. The maximum absolute atomic E-state index is 4.28. The topological polar surface area (TPSA) is 24.9 Å². The van der Waals surface area contributed by atoms with Gasteiger partial charge >= 0.3 is 0 Å². The summed E-state index contributed by atoms with van der Waals surface area (Å²) in [5.41, 5.74) is 0. The minimum Gasteiger partial charge on any atom is -0.309 e. The Morgan fingerprint density at radius 2 is 2.33 bits per heavy atom. The summed E-state index contributed by atoms with van der Waals surface area (Å²) in [5, 5.41) is 6.79. The second kappa shape index (κ2) is 5.32. The van der Waals surface area contributed by atoms with E-state index in [1.165, 1.54) is 30.7 Å². The van der Waals surface area contributed by atoms with Crippen LogP contribution in [0.1, 0.15) is 30.7 Å². The van der Waals surface area contributed by atoms with Crippen LogP contribution >= 0.6 is 23.1 Å². The van der Waals surface area contributed by atoms with Gasteiger partial charge in [0, 0.05) is 29.4 Å². The molecule has 0 saturated heterocycles. The molecule has 1 N–H and O–H groups in total. The molecule has 1 fully saturated rings. The normalized spacial score (nSPS) is 19.5. The predicted molar refractivity (Wildman–Crippen MR) is 68.5 cm³/mol. The van der Waals surface area contributed by atoms with Crippen LogP contribution in [-0.4, -0.2) is 22.5 Å². The van der Waals surface area contributed by atoms with Crippen LogP contribution in [0.15, 0.2) is 11.6 Å². The fourth-order valence-corrected chi connectivity index (χ4v) is 3.74. The van der Waals surface area contributed by atoms with Gasteiger partial charge in [-0.25, -0.2) is 4.98 Å². The maximum Gasteiger partial charge on any atom is 0.106 e. The molecule has 1 aromatic heterocycles. The third-order valence-corrected chi connectivity index (χ3v) is 5.35. The lowest BCUT2D eigenvalue weighted by Gasteiger charge is -2.26. The number of rotatable bonds is 5. The van der Waals surface area contributed by atoms with Gasteiger partial charge in [0.2, 0.25) is 0 Å². The molecule has 15 heavy (non-hydrogen) atoms. The van der Waals surface area contributed by atoms with E-state index in [9.17, 15) is 0 Å². The minimum absolute atomic E-state index is 0.511. The quantitative estimate of drug-likeness (QED) is 0.859. The van der Waals surface area contributed by atoms with Crippen LogP contribution in [-0.2, 0) is 6.54 Å². The van der Waals surface area contributed by atoms with Crippen molar-refractivity contribution in [3.05, 3.63) is 16.6 Å². The average Bonchev–Trinajstić information content (AvgIpc) is 2.89. The van der Waals surface area contributed by atoms with Crippen molar-refractivity contribution in [2.75, 3.05) is 12.8 Å². The molecule has 0 amide bonds. The second-order valence-corrected chi connectivity index (χ2v) is 6.38. The van der Waals surface area contributed by atoms with Gasteiger partial charge in [-0.3, -0.25) is 0 Å². The van der Waals surface area contributed by atoms with Crippen LogP contribution in [0.2, 0.25) is 0 Å². The van der Waals surface area contributed by atoms with Crippen molar-refractivity contribution in [2.24, 2.45) is 0 Å². The summed E-state index contributed by atoms with van der Waals surface area (Å²) in [6.45, 7) is 2.06. The van der Waals surface area contributed by atoms with E-state index in [-0.39, 0.29) is 0 Å². The standard InChI is InChI=1S/C11H18N2S2/c1-14-11(4-2-3-5-11)9-12-8-10-13-6-7-15-10/h6-7,12H,2-5,8-9H2,1H3. The zero-order valence-electron chi connectivity index (χ0n) is 9.16. The van der Waals surface area contributed by atoms with Crippen molar-refractivity contribution in [2.45, 2.75) is 37.0 Å². The Balaban J connectivity index is 1.77. The fourth-order valence-electron chi connectivity index (χ4n) is 2.21. The van der Waals surface area contributed by atoms with E-state index in [0.29, 0.717) is 4.75 Å². The third kappa shape index (κ3) is 2.95. The van der Waals surface area contributed by atoms with E-state index in [0.717, 1.165) is 13.1 Å². The first-order valence-corrected chi connectivity index (χ1v) is 7.59. The van der Waals surface area contributed by atoms with Crippen molar-refractivity contribution >= 4 is 23.1 Å². The Hall–Kier alpha value is -0.0600. The molecule has 0 aliphatic heterocycles. The van der Waals surface area contributed by atoms with Crippen molar-refractivity contribution in [1.82, 2.24) is 10.3 Å². The van der Waals surface area contributed by atoms with Crippen LogP contribution in [0.5, 0.6) is 0 Å². The summed E-state index contributed by atoms with van der Waals surface area (Å²) in [4.78, 5) is 4.28. The highest BCUT2D eigenvalue weighted by molar-refractivity contribution is 8.00. The molecule has 0 unspecified atom stereocenters. The lowest BCUT2D eigenvalue weighted by atomic mass is 10.1. The molecule has 1 aliphatic carbocycles. The first-order valence-electron chi connectivity index (χ1n) is 5.49. The van der Waals surface area contributed by atoms with Crippen molar-refractivity contribution in [3.8, 4) is 0 Å². The third-order valence-electron chi connectivity index (χ3n) is 3.15. The van der Waals surface area contributed by atoms with Gasteiger partial charge in [0.05, 0.1) is 0 Å². The van der Waals surface area contributed by atoms with E-state index in [1.807, 2.05) is 23.3 Å². The summed E-state index contributed by atoms with van der Waals surface area (Å²) in [6.07, 6.45) is 9.68. The molecule has 1 aromatic rings. The van der Waals surface area contributed by atoms with Gasteiger partial charge in [0.1, 0.15) is 5.01 Å². The molecule has 2 rings (SSSR count). The minimum atomic E-state index is 0.511. The number of thiazole rings is 1. The molecular formula is C11H18N2S2. The van der Waals surface area contributed by atoms with Crippen LogP contribution in [0, 0.1) is 0 Å². The maximum atomic E-state index is 4.28. The van der Waals surface area contributed by atoms with Crippen molar-refractivity contribution in [1.29, 1.82) is 0 Å². The summed E-state index contributed by atoms with van der Waals surface area (Å²) < 4.78 is 0.511. The Morgan fingerprint density at radius 3 is 2.93 bits per heavy atom. The summed E-state index contributed by atoms with van der Waals surface area (Å²) in [6, 6.07) is 0. The molecular weight excluding hydrogens is 224 g/mol. The highest BCUT2D eigenvalue weighted by atomic mass is 32.2. The van der Waals surface area contributed by atoms with Gasteiger partial charge in [0.25, 0.3) is 0 Å². The van der Waals surface area contributed by atoms with E-state index in [4.69, 9.17) is 0 Å². The largest absolute Gasteiger partial charge is 0.309 e. The molecule has 1 saturated carbocycles. The predicted octanol–water partition coefficient (Wildman–Crippen LogP) is 2.91. The van der Waals surface area contributed by atoms with Gasteiger partial charge in [-0.1, -0.05) is 12.8 Å². The monoisotopic (exact) mass is 242 g/mol. The molecule has 0 radical (unpaired) electrons. The second-order valence-electron chi connectivity index (χ2n) is 4.12. The van der Waals surface area contributed by atoms with E-state index < -0.39 is 0 Å². The SMILES string of the molecule is CSC1(CNCc2nccs2)CCCC1. The number of hydrogen-bond acceptors (Lipinski definition) is 4. The Kier molecular flexibility index (Phi) is 4.05. The Labute approximate surface area is 99.9 Å². The molecule has 1 aliphatic rings. The highest BCUT2D eigenvalue weighted by Crippen LogP contribution is 2.39. The molecule has 2 nitrogen and oxygen atoms in total. The highest BCUT2D eigenvalue weighted by Gasteiger charge is 2.32. The van der Waals surface area contributed by atoms with Crippen molar-refractivity contribution < 1.29 is 0 Å². The number of nitrogens with zero attached hydrogens (tertiary/aromatic N) is 1. The average molecular weight is 242 g/mol. The van der Waals surface area contributed by atoms with Crippen LogP contribution < -0.4 is 5.32 Å². The van der Waals surface area contributed by atoms with E-state index in [1.54, 1.807) is 11.3 Å². The van der Waals surface area contributed by atoms with Gasteiger partial charge in [0.15, 0.2) is 0 Å². The van der Waals surface area contributed by atoms with Gasteiger partial charge in [-0.2, -0.15) is 11.8 Å². The number of aromatic nitrogens is 1. The Morgan fingerprint density at radius 1 is 1.53 bits per heavy atom. The molecule has 0 spiro atoms. The molecule has 0 bridgehead atoms. The summed E-state index contributed by atoms with van der Waals surface area (Å²) in [5.74, 6) is 0. The van der Waals surface area contributed by atoms with Gasteiger partial charge in [-0.15, -0.1) is 11.3 Å². The first kappa shape index (κ1) is 11.4. The molecule has 1 heterocycles. The van der Waals surface area contributed by atoms with Crippen LogP contribution in [0.4, 0.5) is 0 Å².